The largest absolute Gasteiger partial charge is 0.384 e. The molecular weight excluding hydrogens is 234 g/mol. The van der Waals surface area contributed by atoms with Crippen LogP contribution in [-0.4, -0.2) is 54.4 Å². The van der Waals surface area contributed by atoms with Crippen LogP contribution in [0.15, 0.2) is 6.20 Å². The van der Waals surface area contributed by atoms with Crippen molar-refractivity contribution in [2.45, 2.75) is 19.4 Å². The number of aryl methyl sites for hydroxylation is 1. The summed E-state index contributed by atoms with van der Waals surface area (Å²) < 4.78 is 10.6. The van der Waals surface area contributed by atoms with Crippen molar-refractivity contribution in [3.8, 4) is 0 Å². The minimum atomic E-state index is -0.104. The lowest BCUT2D eigenvalue weighted by molar-refractivity contribution is -0.140. The van der Waals surface area contributed by atoms with Gasteiger partial charge in [-0.05, 0) is 12.5 Å². The van der Waals surface area contributed by atoms with E-state index in [9.17, 15) is 4.79 Å². The average molecular weight is 253 g/mol. The maximum absolute atomic E-state index is 11.9. The molecule has 2 rings (SSSR count). The van der Waals surface area contributed by atoms with Crippen LogP contribution < -0.4 is 0 Å². The van der Waals surface area contributed by atoms with Crippen LogP contribution in [0.25, 0.3) is 0 Å². The number of morpholine rings is 1. The van der Waals surface area contributed by atoms with E-state index in [-0.39, 0.29) is 12.0 Å². The summed E-state index contributed by atoms with van der Waals surface area (Å²) in [7, 11) is 1.60. The van der Waals surface area contributed by atoms with Gasteiger partial charge in [0, 0.05) is 13.7 Å². The second-order valence-corrected chi connectivity index (χ2v) is 4.41. The third-order valence-electron chi connectivity index (χ3n) is 3.13. The highest BCUT2D eigenvalue weighted by atomic mass is 16.5. The summed E-state index contributed by atoms with van der Waals surface area (Å²) in [6.45, 7) is 4.22. The first-order valence-electron chi connectivity index (χ1n) is 6.10. The number of carbonyl (C=O) groups is 1. The highest BCUT2D eigenvalue weighted by Crippen LogP contribution is 2.23. The molecule has 1 aromatic heterocycles. The highest BCUT2D eigenvalue weighted by molar-refractivity contribution is 5.76. The molecule has 1 aromatic rings. The van der Waals surface area contributed by atoms with Crippen molar-refractivity contribution in [3.63, 3.8) is 0 Å². The lowest BCUT2D eigenvalue weighted by atomic mass is 10.1. The fraction of sp³-hybridized carbons (Fsp3) is 0.667. The molecule has 0 bridgehead atoms. The third kappa shape index (κ3) is 2.88. The molecule has 0 aromatic carbocycles. The Morgan fingerprint density at radius 3 is 3.22 bits per heavy atom. The predicted octanol–water partition coefficient (Wildman–Crippen LogP) is 0.655. The number of methoxy groups -OCH3 is 1. The molecule has 1 unspecified atom stereocenters. The van der Waals surface area contributed by atoms with E-state index in [0.717, 1.165) is 11.3 Å². The maximum Gasteiger partial charge on any atom is 0.225 e. The smallest absolute Gasteiger partial charge is 0.225 e. The van der Waals surface area contributed by atoms with Crippen molar-refractivity contribution in [2.24, 2.45) is 0 Å². The fourth-order valence-corrected chi connectivity index (χ4v) is 2.08. The SMILES string of the molecule is COCCC(=O)N1CCOC(c2[nH]ncc2C)C1. The number of aromatic amines is 1. The molecule has 6 heteroatoms. The molecule has 1 aliphatic rings. The summed E-state index contributed by atoms with van der Waals surface area (Å²) in [5.74, 6) is 0.113. The number of ether oxygens (including phenoxy) is 2. The van der Waals surface area contributed by atoms with E-state index in [4.69, 9.17) is 9.47 Å². The second kappa shape index (κ2) is 5.97. The number of carbonyl (C=O) groups excluding carboxylic acids is 1. The van der Waals surface area contributed by atoms with Gasteiger partial charge in [-0.2, -0.15) is 5.10 Å². The Morgan fingerprint density at radius 1 is 1.72 bits per heavy atom. The van der Waals surface area contributed by atoms with Gasteiger partial charge in [-0.15, -0.1) is 0 Å². The van der Waals surface area contributed by atoms with Crippen LogP contribution in [0.2, 0.25) is 0 Å². The molecule has 18 heavy (non-hydrogen) atoms. The molecule has 1 fully saturated rings. The summed E-state index contributed by atoms with van der Waals surface area (Å²) in [6, 6.07) is 0. The Morgan fingerprint density at radius 2 is 2.56 bits per heavy atom. The number of aromatic nitrogens is 2. The zero-order valence-electron chi connectivity index (χ0n) is 10.8. The number of hydrogen-bond donors (Lipinski definition) is 1. The van der Waals surface area contributed by atoms with E-state index >= 15 is 0 Å². The number of rotatable bonds is 4. The molecule has 1 amide bonds. The van der Waals surface area contributed by atoms with Gasteiger partial charge >= 0.3 is 0 Å². The van der Waals surface area contributed by atoms with Crippen LogP contribution in [0.1, 0.15) is 23.8 Å². The molecule has 1 atom stereocenters. The van der Waals surface area contributed by atoms with Gasteiger partial charge < -0.3 is 14.4 Å². The number of hydrogen-bond acceptors (Lipinski definition) is 4. The lowest BCUT2D eigenvalue weighted by Gasteiger charge is -2.32. The molecule has 1 N–H and O–H groups in total. The maximum atomic E-state index is 11.9. The van der Waals surface area contributed by atoms with Gasteiger partial charge in [0.25, 0.3) is 0 Å². The van der Waals surface area contributed by atoms with Gasteiger partial charge in [0.05, 0.1) is 38.1 Å². The molecule has 1 aliphatic heterocycles. The van der Waals surface area contributed by atoms with E-state index in [1.165, 1.54) is 0 Å². The van der Waals surface area contributed by atoms with Crippen molar-refractivity contribution < 1.29 is 14.3 Å². The normalized spacial score (nSPS) is 20.1. The van der Waals surface area contributed by atoms with E-state index in [0.29, 0.717) is 32.7 Å². The second-order valence-electron chi connectivity index (χ2n) is 4.41. The van der Waals surface area contributed by atoms with E-state index in [1.54, 1.807) is 13.3 Å². The van der Waals surface area contributed by atoms with Gasteiger partial charge in [0.1, 0.15) is 6.10 Å². The molecule has 0 aliphatic carbocycles. The number of H-pyrrole nitrogens is 1. The quantitative estimate of drug-likeness (QED) is 0.855. The fourth-order valence-electron chi connectivity index (χ4n) is 2.08. The van der Waals surface area contributed by atoms with Crippen LogP contribution in [0, 0.1) is 6.92 Å². The van der Waals surface area contributed by atoms with E-state index in [2.05, 4.69) is 10.2 Å². The van der Waals surface area contributed by atoms with Crippen molar-refractivity contribution in [3.05, 3.63) is 17.5 Å². The average Bonchev–Trinajstić information content (AvgIpc) is 2.82. The summed E-state index contributed by atoms with van der Waals surface area (Å²) in [5.41, 5.74) is 2.02. The summed E-state index contributed by atoms with van der Waals surface area (Å²) in [4.78, 5) is 13.7. The Kier molecular flexibility index (Phi) is 4.33. The van der Waals surface area contributed by atoms with Gasteiger partial charge in [0.15, 0.2) is 0 Å². The van der Waals surface area contributed by atoms with Gasteiger partial charge in [0.2, 0.25) is 5.91 Å². The van der Waals surface area contributed by atoms with Crippen LogP contribution in [0.3, 0.4) is 0 Å². The Labute approximate surface area is 106 Å². The third-order valence-corrected chi connectivity index (χ3v) is 3.13. The Hall–Kier alpha value is -1.40. The first-order chi connectivity index (χ1) is 8.72. The first kappa shape index (κ1) is 13.0. The van der Waals surface area contributed by atoms with Crippen LogP contribution >= 0.6 is 0 Å². The zero-order chi connectivity index (χ0) is 13.0. The van der Waals surface area contributed by atoms with E-state index in [1.807, 2.05) is 11.8 Å². The molecule has 2 heterocycles. The van der Waals surface area contributed by atoms with Gasteiger partial charge in [-0.1, -0.05) is 0 Å². The van der Waals surface area contributed by atoms with Gasteiger partial charge in [-0.25, -0.2) is 0 Å². The first-order valence-corrected chi connectivity index (χ1v) is 6.10. The predicted molar refractivity (Wildman–Crippen MR) is 65.1 cm³/mol. The van der Waals surface area contributed by atoms with Crippen LogP contribution in [-0.2, 0) is 14.3 Å². The summed E-state index contributed by atoms with van der Waals surface area (Å²) in [6.07, 6.45) is 2.09. The molecule has 100 valence electrons. The number of amides is 1. The summed E-state index contributed by atoms with van der Waals surface area (Å²) >= 11 is 0. The zero-order valence-corrected chi connectivity index (χ0v) is 10.8. The van der Waals surface area contributed by atoms with Crippen LogP contribution in [0.4, 0.5) is 0 Å². The van der Waals surface area contributed by atoms with Crippen molar-refractivity contribution in [2.75, 3.05) is 33.4 Å². The molecule has 0 spiro atoms. The van der Waals surface area contributed by atoms with Crippen molar-refractivity contribution in [1.82, 2.24) is 15.1 Å². The van der Waals surface area contributed by atoms with E-state index < -0.39 is 0 Å². The number of nitrogens with zero attached hydrogens (tertiary/aromatic N) is 2. The molecule has 1 saturated heterocycles. The Bertz CT molecular complexity index is 405. The Balaban J connectivity index is 1.96. The molecule has 0 saturated carbocycles. The van der Waals surface area contributed by atoms with Crippen molar-refractivity contribution >= 4 is 5.91 Å². The topological polar surface area (TPSA) is 67.4 Å². The lowest BCUT2D eigenvalue weighted by Crippen LogP contribution is -2.42. The monoisotopic (exact) mass is 253 g/mol. The minimum absolute atomic E-state index is 0.104. The summed E-state index contributed by atoms with van der Waals surface area (Å²) in [5, 5.41) is 6.93. The van der Waals surface area contributed by atoms with Crippen LogP contribution in [0.5, 0.6) is 0 Å². The standard InChI is InChI=1S/C12H19N3O3/c1-9-7-13-14-12(9)10-8-15(4-6-18-10)11(16)3-5-17-2/h7,10H,3-6,8H2,1-2H3,(H,13,14). The van der Waals surface area contributed by atoms with Crippen molar-refractivity contribution in [1.29, 1.82) is 0 Å². The molecule has 0 radical (unpaired) electrons. The minimum Gasteiger partial charge on any atom is -0.384 e. The highest BCUT2D eigenvalue weighted by Gasteiger charge is 2.26. The number of nitrogens with one attached hydrogen (secondary N) is 1. The molecule has 6 nitrogen and oxygen atoms in total. The molecular formula is C12H19N3O3. The van der Waals surface area contributed by atoms with Gasteiger partial charge in [-0.3, -0.25) is 9.89 Å².